The zero-order valence-corrected chi connectivity index (χ0v) is 36.1. The molecular weight excluding hydrogens is 701 g/mol. The van der Waals surface area contributed by atoms with Gasteiger partial charge in [-0.3, -0.25) is 18.6 Å². The Labute approximate surface area is 332 Å². The first kappa shape index (κ1) is 52.8. The summed E-state index contributed by atoms with van der Waals surface area (Å²) in [6.45, 7) is 3.75. The van der Waals surface area contributed by atoms with Crippen LogP contribution in [0.1, 0.15) is 226 Å². The minimum Gasteiger partial charge on any atom is -0.462 e. The highest BCUT2D eigenvalue weighted by molar-refractivity contribution is 7.47. The maximum Gasteiger partial charge on any atom is 0.472 e. The summed E-state index contributed by atoms with van der Waals surface area (Å²) < 4.78 is 32.8. The van der Waals surface area contributed by atoms with E-state index in [1.807, 2.05) is 0 Å². The lowest BCUT2D eigenvalue weighted by Crippen LogP contribution is -2.29. The molecule has 0 radical (unpaired) electrons. The summed E-state index contributed by atoms with van der Waals surface area (Å²) in [6, 6.07) is 0. The van der Waals surface area contributed by atoms with Crippen LogP contribution in [0, 0.1) is 0 Å². The second-order valence-electron chi connectivity index (χ2n) is 15.3. The molecule has 0 spiro atoms. The zero-order valence-electron chi connectivity index (χ0n) is 35.2. The van der Waals surface area contributed by atoms with Crippen molar-refractivity contribution >= 4 is 19.8 Å². The second kappa shape index (κ2) is 41.4. The molecular formula is C44H86NO8P. The number of carbonyl (C=O) groups excluding carboxylic acids is 2. The third kappa shape index (κ3) is 40.4. The molecule has 0 amide bonds. The largest absolute Gasteiger partial charge is 0.472 e. The Morgan fingerprint density at radius 2 is 0.907 bits per heavy atom. The molecule has 1 unspecified atom stereocenters. The predicted molar refractivity (Wildman–Crippen MR) is 224 cm³/mol. The fourth-order valence-electron chi connectivity index (χ4n) is 6.51. The van der Waals surface area contributed by atoms with E-state index in [-0.39, 0.29) is 38.6 Å². The number of rotatable bonds is 43. The Morgan fingerprint density at radius 3 is 1.31 bits per heavy atom. The van der Waals surface area contributed by atoms with Gasteiger partial charge >= 0.3 is 19.8 Å². The van der Waals surface area contributed by atoms with Gasteiger partial charge in [0.1, 0.15) is 6.61 Å². The van der Waals surface area contributed by atoms with Gasteiger partial charge in [-0.25, -0.2) is 4.57 Å². The first-order valence-corrected chi connectivity index (χ1v) is 24.2. The Kier molecular flexibility index (Phi) is 40.4. The fourth-order valence-corrected chi connectivity index (χ4v) is 7.28. The second-order valence-corrected chi connectivity index (χ2v) is 16.7. The molecule has 0 aliphatic carbocycles. The molecule has 320 valence electrons. The number of allylic oxidation sites excluding steroid dienone is 2. The van der Waals surface area contributed by atoms with E-state index in [9.17, 15) is 19.0 Å². The lowest BCUT2D eigenvalue weighted by molar-refractivity contribution is -0.161. The summed E-state index contributed by atoms with van der Waals surface area (Å²) in [5, 5.41) is 0. The SMILES string of the molecule is CCCCCCC/C=C\CCCCCCCC(=O)OC[C@H](COP(=O)(O)OCCN)OC(=O)CCCCCCCCCCCCCCCCCCCCC. The van der Waals surface area contributed by atoms with Crippen molar-refractivity contribution in [2.45, 2.75) is 232 Å². The van der Waals surface area contributed by atoms with Crippen LogP contribution in [0.5, 0.6) is 0 Å². The quantitative estimate of drug-likeness (QED) is 0.0268. The molecule has 0 rings (SSSR count). The van der Waals surface area contributed by atoms with Crippen LogP contribution in [-0.2, 0) is 32.7 Å². The van der Waals surface area contributed by atoms with E-state index in [1.165, 1.54) is 141 Å². The standard InChI is InChI=1S/C44H86NO8P/c1-3-5-7-9-11-13-15-17-19-20-21-22-23-25-27-29-31-33-35-37-44(47)53-42(41-52-54(48,49)51-39-38-45)40-50-43(46)36-34-32-30-28-26-24-18-16-14-12-10-8-6-4-2/h16,18,42H,3-15,17,19-41,45H2,1-2H3,(H,48,49)/b18-16-/t42-/m1/s1. The van der Waals surface area contributed by atoms with Crippen molar-refractivity contribution in [3.05, 3.63) is 12.2 Å². The highest BCUT2D eigenvalue weighted by atomic mass is 31.2. The van der Waals surface area contributed by atoms with E-state index in [1.54, 1.807) is 0 Å². The molecule has 0 aliphatic heterocycles. The van der Waals surface area contributed by atoms with Crippen molar-refractivity contribution in [3.8, 4) is 0 Å². The van der Waals surface area contributed by atoms with Gasteiger partial charge in [0.05, 0.1) is 13.2 Å². The molecule has 0 bridgehead atoms. The summed E-state index contributed by atoms with van der Waals surface area (Å²) in [4.78, 5) is 34.9. The van der Waals surface area contributed by atoms with Gasteiger partial charge in [0.2, 0.25) is 0 Å². The Morgan fingerprint density at radius 1 is 0.537 bits per heavy atom. The molecule has 2 atom stereocenters. The monoisotopic (exact) mass is 788 g/mol. The lowest BCUT2D eigenvalue weighted by atomic mass is 10.0. The molecule has 0 aromatic carbocycles. The van der Waals surface area contributed by atoms with E-state index in [0.717, 1.165) is 51.4 Å². The van der Waals surface area contributed by atoms with Crippen molar-refractivity contribution in [1.82, 2.24) is 0 Å². The molecule has 9 nitrogen and oxygen atoms in total. The molecule has 0 aliphatic rings. The number of nitrogens with two attached hydrogens (primary N) is 1. The van der Waals surface area contributed by atoms with E-state index in [0.29, 0.717) is 6.42 Å². The molecule has 54 heavy (non-hydrogen) atoms. The van der Waals surface area contributed by atoms with Crippen LogP contribution in [0.2, 0.25) is 0 Å². The lowest BCUT2D eigenvalue weighted by Gasteiger charge is -2.19. The molecule has 0 aromatic rings. The third-order valence-electron chi connectivity index (χ3n) is 9.90. The van der Waals surface area contributed by atoms with Crippen molar-refractivity contribution in [2.75, 3.05) is 26.4 Å². The van der Waals surface area contributed by atoms with Crippen LogP contribution in [0.25, 0.3) is 0 Å². The molecule has 0 saturated carbocycles. The Hall–Kier alpha value is -1.25. The number of phosphoric acid groups is 1. The first-order chi connectivity index (χ1) is 26.3. The van der Waals surface area contributed by atoms with Crippen LogP contribution in [0.4, 0.5) is 0 Å². The number of hydrogen-bond acceptors (Lipinski definition) is 8. The highest BCUT2D eigenvalue weighted by Crippen LogP contribution is 2.43. The van der Waals surface area contributed by atoms with Gasteiger partial charge in [-0.15, -0.1) is 0 Å². The zero-order chi connectivity index (χ0) is 39.6. The predicted octanol–water partition coefficient (Wildman–Crippen LogP) is 13.0. The summed E-state index contributed by atoms with van der Waals surface area (Å²) in [7, 11) is -4.37. The van der Waals surface area contributed by atoms with Crippen LogP contribution in [-0.4, -0.2) is 49.3 Å². The van der Waals surface area contributed by atoms with Gasteiger partial charge < -0.3 is 20.1 Å². The van der Waals surface area contributed by atoms with Gasteiger partial charge in [-0.1, -0.05) is 187 Å². The van der Waals surface area contributed by atoms with Gasteiger partial charge in [0, 0.05) is 19.4 Å². The summed E-state index contributed by atoms with van der Waals surface area (Å²) >= 11 is 0. The highest BCUT2D eigenvalue weighted by Gasteiger charge is 2.26. The van der Waals surface area contributed by atoms with E-state index >= 15 is 0 Å². The van der Waals surface area contributed by atoms with Gasteiger partial charge in [-0.05, 0) is 38.5 Å². The van der Waals surface area contributed by atoms with E-state index in [2.05, 4.69) is 26.0 Å². The van der Waals surface area contributed by atoms with Gasteiger partial charge in [0.15, 0.2) is 6.10 Å². The molecule has 0 aromatic heterocycles. The molecule has 0 saturated heterocycles. The minimum absolute atomic E-state index is 0.0552. The van der Waals surface area contributed by atoms with Crippen molar-refractivity contribution in [3.63, 3.8) is 0 Å². The molecule has 0 heterocycles. The van der Waals surface area contributed by atoms with Crippen LogP contribution >= 0.6 is 7.82 Å². The third-order valence-corrected chi connectivity index (χ3v) is 10.9. The number of phosphoric ester groups is 1. The molecule has 3 N–H and O–H groups in total. The Balaban J connectivity index is 4.08. The average Bonchev–Trinajstić information content (AvgIpc) is 3.16. The minimum atomic E-state index is -4.37. The number of esters is 2. The molecule has 10 heteroatoms. The number of hydrogen-bond donors (Lipinski definition) is 2. The van der Waals surface area contributed by atoms with Crippen LogP contribution in [0.3, 0.4) is 0 Å². The normalized spacial score (nSPS) is 13.3. The van der Waals surface area contributed by atoms with Crippen molar-refractivity contribution in [2.24, 2.45) is 5.73 Å². The number of unbranched alkanes of at least 4 members (excludes halogenated alkanes) is 28. The van der Waals surface area contributed by atoms with E-state index < -0.39 is 26.5 Å². The summed E-state index contributed by atoms with van der Waals surface area (Å²) in [5.41, 5.74) is 5.35. The topological polar surface area (TPSA) is 134 Å². The summed E-state index contributed by atoms with van der Waals surface area (Å²) in [6.07, 6.45) is 42.4. The van der Waals surface area contributed by atoms with Crippen molar-refractivity contribution in [1.29, 1.82) is 0 Å². The smallest absolute Gasteiger partial charge is 0.462 e. The van der Waals surface area contributed by atoms with Gasteiger partial charge in [0.25, 0.3) is 0 Å². The maximum atomic E-state index is 12.6. The Bertz CT molecular complexity index is 902. The number of carbonyl (C=O) groups is 2. The fraction of sp³-hybridized carbons (Fsp3) is 0.909. The maximum absolute atomic E-state index is 12.6. The van der Waals surface area contributed by atoms with Crippen LogP contribution in [0.15, 0.2) is 12.2 Å². The average molecular weight is 788 g/mol. The van der Waals surface area contributed by atoms with Gasteiger partial charge in [-0.2, -0.15) is 0 Å². The number of ether oxygens (including phenoxy) is 2. The first-order valence-electron chi connectivity index (χ1n) is 22.7. The van der Waals surface area contributed by atoms with Crippen molar-refractivity contribution < 1.29 is 37.6 Å². The van der Waals surface area contributed by atoms with Crippen LogP contribution < -0.4 is 5.73 Å². The van der Waals surface area contributed by atoms with E-state index in [4.69, 9.17) is 24.3 Å². The molecule has 0 fully saturated rings. The summed E-state index contributed by atoms with van der Waals surface area (Å²) in [5.74, 6) is -0.827.